The van der Waals surface area contributed by atoms with Crippen LogP contribution >= 0.6 is 0 Å². The maximum absolute atomic E-state index is 14.1. The first-order chi connectivity index (χ1) is 19.5. The number of aromatic nitrogens is 2. The number of carbonyl (C=O) groups is 1. The number of ether oxygens (including phenoxy) is 2. The molecule has 0 saturated carbocycles. The van der Waals surface area contributed by atoms with E-state index >= 15 is 0 Å². The highest BCUT2D eigenvalue weighted by Crippen LogP contribution is 2.41. The normalized spacial score (nSPS) is 19.2. The molecule has 5 rings (SSSR count). The Labute approximate surface area is 234 Å². The average Bonchev–Trinajstić information content (AvgIpc) is 3.35. The lowest BCUT2D eigenvalue weighted by atomic mass is 9.76. The number of nitrogens with zero attached hydrogens (tertiary/aromatic N) is 3. The van der Waals surface area contributed by atoms with E-state index in [1.54, 1.807) is 13.0 Å². The molecule has 218 valence electrons. The number of nitrogens with one attached hydrogen (secondary N) is 1. The Morgan fingerprint density at radius 1 is 1.12 bits per heavy atom. The summed E-state index contributed by atoms with van der Waals surface area (Å²) >= 11 is 0. The second kappa shape index (κ2) is 11.5. The maximum atomic E-state index is 14.1. The van der Waals surface area contributed by atoms with E-state index in [1.807, 2.05) is 4.90 Å². The van der Waals surface area contributed by atoms with Crippen molar-refractivity contribution in [3.63, 3.8) is 0 Å². The van der Waals surface area contributed by atoms with Gasteiger partial charge in [-0.3, -0.25) is 4.79 Å². The van der Waals surface area contributed by atoms with E-state index in [1.165, 1.54) is 48.5 Å². The van der Waals surface area contributed by atoms with E-state index in [9.17, 15) is 22.4 Å². The summed E-state index contributed by atoms with van der Waals surface area (Å²) in [6, 6.07) is 12.4. The highest BCUT2D eigenvalue weighted by Gasteiger charge is 2.45. The van der Waals surface area contributed by atoms with Crippen molar-refractivity contribution in [1.82, 2.24) is 15.3 Å². The molecule has 12 heteroatoms. The van der Waals surface area contributed by atoms with Crippen LogP contribution < -0.4 is 20.7 Å². The minimum atomic E-state index is -4.75. The molecular weight excluding hydrogens is 542 g/mol. The van der Waals surface area contributed by atoms with Crippen molar-refractivity contribution in [2.45, 2.75) is 44.5 Å². The maximum Gasteiger partial charge on any atom is 0.429 e. The Bertz CT molecular complexity index is 1380. The van der Waals surface area contributed by atoms with Crippen molar-refractivity contribution < 1.29 is 31.8 Å². The van der Waals surface area contributed by atoms with E-state index in [2.05, 4.69) is 15.3 Å². The zero-order valence-electron chi connectivity index (χ0n) is 22.5. The van der Waals surface area contributed by atoms with Crippen molar-refractivity contribution in [3.05, 3.63) is 66.0 Å². The van der Waals surface area contributed by atoms with Gasteiger partial charge in [-0.1, -0.05) is 36.4 Å². The molecule has 3 aromatic rings. The molecular formula is C29H31F4N5O3. The lowest BCUT2D eigenvalue weighted by Crippen LogP contribution is -2.41. The van der Waals surface area contributed by atoms with Crippen LogP contribution in [-0.2, 0) is 9.53 Å². The quantitative estimate of drug-likeness (QED) is 0.299. The largest absolute Gasteiger partial charge is 0.465 e. The van der Waals surface area contributed by atoms with E-state index in [0.717, 1.165) is 12.8 Å². The number of alkyl halides is 3. The fourth-order valence-corrected chi connectivity index (χ4v) is 5.53. The van der Waals surface area contributed by atoms with E-state index in [4.69, 9.17) is 15.2 Å². The highest BCUT2D eigenvalue weighted by atomic mass is 19.4. The van der Waals surface area contributed by atoms with Crippen LogP contribution in [0.5, 0.6) is 5.88 Å². The Hall–Kier alpha value is -3.93. The zero-order chi connectivity index (χ0) is 29.2. The number of nitrogen functional groups attached to an aromatic ring is 1. The third-order valence-corrected chi connectivity index (χ3v) is 7.69. The second-order valence-corrected chi connectivity index (χ2v) is 10.5. The topological polar surface area (TPSA) is 103 Å². The van der Waals surface area contributed by atoms with Crippen molar-refractivity contribution in [2.75, 3.05) is 36.9 Å². The number of hydrogen-bond donors (Lipinski definition) is 2. The number of hydrogen-bond acceptors (Lipinski definition) is 8. The molecule has 2 saturated heterocycles. The van der Waals surface area contributed by atoms with Gasteiger partial charge in [0.1, 0.15) is 17.7 Å². The summed E-state index contributed by atoms with van der Waals surface area (Å²) in [6.45, 7) is 3.95. The number of nitrogens with two attached hydrogens (primary N) is 1. The van der Waals surface area contributed by atoms with Gasteiger partial charge in [0.15, 0.2) is 0 Å². The Kier molecular flexibility index (Phi) is 8.03. The zero-order valence-corrected chi connectivity index (χ0v) is 22.5. The highest BCUT2D eigenvalue weighted by molar-refractivity contribution is 5.76. The predicted molar refractivity (Wildman–Crippen MR) is 145 cm³/mol. The molecule has 2 aliphatic rings. The Morgan fingerprint density at radius 2 is 1.85 bits per heavy atom. The molecule has 1 spiro atoms. The van der Waals surface area contributed by atoms with Gasteiger partial charge in [-0.2, -0.15) is 23.1 Å². The minimum Gasteiger partial charge on any atom is -0.465 e. The molecule has 0 amide bonds. The first-order valence-electron chi connectivity index (χ1n) is 13.4. The number of anilines is 2. The van der Waals surface area contributed by atoms with Gasteiger partial charge < -0.3 is 25.4 Å². The number of esters is 1. The van der Waals surface area contributed by atoms with E-state index < -0.39 is 18.1 Å². The summed E-state index contributed by atoms with van der Waals surface area (Å²) in [5.41, 5.74) is 6.79. The number of rotatable bonds is 7. The van der Waals surface area contributed by atoms with Gasteiger partial charge in [0.2, 0.25) is 17.9 Å². The molecule has 2 fully saturated rings. The van der Waals surface area contributed by atoms with Crippen LogP contribution in [0.2, 0.25) is 0 Å². The van der Waals surface area contributed by atoms with E-state index in [0.29, 0.717) is 49.6 Å². The van der Waals surface area contributed by atoms with Gasteiger partial charge >= 0.3 is 12.1 Å². The minimum absolute atomic E-state index is 0.0646. The van der Waals surface area contributed by atoms with Crippen LogP contribution in [0.1, 0.15) is 37.9 Å². The monoisotopic (exact) mass is 573 g/mol. The third kappa shape index (κ3) is 6.53. The first-order valence-corrected chi connectivity index (χ1v) is 13.4. The molecule has 0 bridgehead atoms. The molecule has 2 aliphatic heterocycles. The number of piperidine rings is 1. The van der Waals surface area contributed by atoms with Crippen LogP contribution in [0, 0.1) is 11.2 Å². The fourth-order valence-electron chi connectivity index (χ4n) is 5.53. The number of halogens is 4. The smallest absolute Gasteiger partial charge is 0.429 e. The molecule has 2 aromatic carbocycles. The van der Waals surface area contributed by atoms with Crippen molar-refractivity contribution >= 4 is 17.7 Å². The fraction of sp³-hybridized carbons (Fsp3) is 0.414. The molecule has 0 unspecified atom stereocenters. The standard InChI is InChI=1S/C29H31F4N5O3/c1-2-40-26(39)22-16-28(17-35-22)10-12-38(13-11-28)23-15-24(37-27(34)36-23)41-25(29(31,32)33)19-8-6-18(7-9-19)20-4-3-5-21(30)14-20/h3-9,14-15,22,25,35H,2,10-13,16-17H2,1H3,(H2,34,36,37)/t22-,25+/m0/s1. The molecule has 3 heterocycles. The van der Waals surface area contributed by atoms with Crippen LogP contribution in [0.4, 0.5) is 29.3 Å². The molecule has 3 N–H and O–H groups in total. The lowest BCUT2D eigenvalue weighted by Gasteiger charge is -2.39. The second-order valence-electron chi connectivity index (χ2n) is 10.5. The van der Waals surface area contributed by atoms with Crippen molar-refractivity contribution in [3.8, 4) is 17.0 Å². The van der Waals surface area contributed by atoms with Crippen LogP contribution in [-0.4, -0.2) is 54.4 Å². The summed E-state index contributed by atoms with van der Waals surface area (Å²) < 4.78 is 66.5. The number of carbonyl (C=O) groups excluding carboxylic acids is 1. The van der Waals surface area contributed by atoms with E-state index in [-0.39, 0.29) is 34.8 Å². The van der Waals surface area contributed by atoms with Crippen molar-refractivity contribution in [1.29, 1.82) is 0 Å². The number of benzene rings is 2. The molecule has 1 aromatic heterocycles. The summed E-state index contributed by atoms with van der Waals surface area (Å²) in [5.74, 6) is -0.818. The molecule has 8 nitrogen and oxygen atoms in total. The summed E-state index contributed by atoms with van der Waals surface area (Å²) in [6.07, 6.45) is -4.86. The molecule has 2 atom stereocenters. The Morgan fingerprint density at radius 3 is 2.51 bits per heavy atom. The molecule has 0 aliphatic carbocycles. The lowest BCUT2D eigenvalue weighted by molar-refractivity contribution is -0.198. The van der Waals surface area contributed by atoms with Gasteiger partial charge in [-0.05, 0) is 54.9 Å². The summed E-state index contributed by atoms with van der Waals surface area (Å²) in [4.78, 5) is 22.2. The average molecular weight is 574 g/mol. The van der Waals surface area contributed by atoms with Crippen LogP contribution in [0.15, 0.2) is 54.6 Å². The van der Waals surface area contributed by atoms with Gasteiger partial charge in [-0.25, -0.2) is 4.39 Å². The third-order valence-electron chi connectivity index (χ3n) is 7.69. The summed E-state index contributed by atoms with van der Waals surface area (Å²) in [7, 11) is 0. The van der Waals surface area contributed by atoms with Gasteiger partial charge in [0.05, 0.1) is 6.61 Å². The Balaban J connectivity index is 1.29. The predicted octanol–water partition coefficient (Wildman–Crippen LogP) is 5.06. The van der Waals surface area contributed by atoms with Crippen molar-refractivity contribution in [2.24, 2.45) is 5.41 Å². The van der Waals surface area contributed by atoms with Crippen LogP contribution in [0.25, 0.3) is 11.1 Å². The summed E-state index contributed by atoms with van der Waals surface area (Å²) in [5, 5.41) is 3.26. The first kappa shape index (κ1) is 28.6. The molecule has 41 heavy (non-hydrogen) atoms. The molecule has 0 radical (unpaired) electrons. The van der Waals surface area contributed by atoms with Gasteiger partial charge in [-0.15, -0.1) is 0 Å². The SMILES string of the molecule is CCOC(=O)[C@@H]1CC2(CCN(c3cc(O[C@H](c4ccc(-c5cccc(F)c5)cc4)C(F)(F)F)nc(N)n3)CC2)CN1. The van der Waals surface area contributed by atoms with Gasteiger partial charge in [0, 0.05) is 31.3 Å². The van der Waals surface area contributed by atoms with Gasteiger partial charge in [0.25, 0.3) is 0 Å². The van der Waals surface area contributed by atoms with Crippen LogP contribution in [0.3, 0.4) is 0 Å².